The fraction of sp³-hybridized carbons (Fsp3) is 0.0667. The topological polar surface area (TPSA) is 34.4 Å². The first-order chi connectivity index (χ1) is 10.1. The van der Waals surface area contributed by atoms with Gasteiger partial charge in [-0.15, -0.1) is 11.8 Å². The lowest BCUT2D eigenvalue weighted by molar-refractivity contribution is 0.626. The molecule has 0 atom stereocenters. The summed E-state index contributed by atoms with van der Waals surface area (Å²) < 4.78 is 14.2. The molecule has 3 nitrogen and oxygen atoms in total. The van der Waals surface area contributed by atoms with E-state index in [-0.39, 0.29) is 11.4 Å². The smallest absolute Gasteiger partial charge is 0.258 e. The van der Waals surface area contributed by atoms with Crippen LogP contribution in [-0.4, -0.2) is 9.38 Å². The largest absolute Gasteiger partial charge is 0.269 e. The molecule has 0 amide bonds. The van der Waals surface area contributed by atoms with E-state index in [0.29, 0.717) is 22.1 Å². The second-order valence-electron chi connectivity index (χ2n) is 4.40. The lowest BCUT2D eigenvalue weighted by Crippen LogP contribution is -2.14. The fourth-order valence-electron chi connectivity index (χ4n) is 1.89. The summed E-state index contributed by atoms with van der Waals surface area (Å²) in [6.45, 7) is 0. The quantitative estimate of drug-likeness (QED) is 0.689. The zero-order valence-corrected chi connectivity index (χ0v) is 12.4. The molecule has 0 aliphatic rings. The van der Waals surface area contributed by atoms with Crippen LogP contribution in [0, 0.1) is 5.82 Å². The van der Waals surface area contributed by atoms with Crippen LogP contribution in [0.4, 0.5) is 4.39 Å². The molecule has 0 radical (unpaired) electrons. The Morgan fingerprint density at radius 2 is 1.95 bits per heavy atom. The van der Waals surface area contributed by atoms with E-state index in [1.54, 1.807) is 30.5 Å². The van der Waals surface area contributed by atoms with Gasteiger partial charge in [0.2, 0.25) is 0 Å². The van der Waals surface area contributed by atoms with Crippen molar-refractivity contribution in [1.82, 2.24) is 9.38 Å². The maximum Gasteiger partial charge on any atom is 0.258 e. The van der Waals surface area contributed by atoms with Gasteiger partial charge in [-0.1, -0.05) is 11.6 Å². The molecule has 1 aromatic carbocycles. The maximum absolute atomic E-state index is 12.8. The predicted octanol–water partition coefficient (Wildman–Crippen LogP) is 3.78. The van der Waals surface area contributed by atoms with E-state index in [9.17, 15) is 9.18 Å². The van der Waals surface area contributed by atoms with Crippen LogP contribution in [0.2, 0.25) is 5.02 Å². The van der Waals surface area contributed by atoms with Crippen LogP contribution in [-0.2, 0) is 5.75 Å². The first-order valence-electron chi connectivity index (χ1n) is 6.18. The van der Waals surface area contributed by atoms with E-state index < -0.39 is 0 Å². The number of hydrogen-bond acceptors (Lipinski definition) is 3. The Bertz CT molecular complexity index is 848. The number of pyridine rings is 1. The summed E-state index contributed by atoms with van der Waals surface area (Å²) in [5.41, 5.74) is 1.07. The van der Waals surface area contributed by atoms with Crippen LogP contribution in [0.25, 0.3) is 5.65 Å². The minimum Gasteiger partial charge on any atom is -0.269 e. The summed E-state index contributed by atoms with van der Waals surface area (Å²) in [6, 6.07) is 11.1. The van der Waals surface area contributed by atoms with Gasteiger partial charge in [-0.2, -0.15) is 0 Å². The second-order valence-corrected chi connectivity index (χ2v) is 5.89. The second kappa shape index (κ2) is 5.87. The van der Waals surface area contributed by atoms with Crippen LogP contribution in [0.5, 0.6) is 0 Å². The van der Waals surface area contributed by atoms with Crippen LogP contribution in [0.15, 0.2) is 58.4 Å². The van der Waals surface area contributed by atoms with Crippen molar-refractivity contribution in [3.8, 4) is 0 Å². The molecule has 0 fully saturated rings. The number of rotatable bonds is 3. The van der Waals surface area contributed by atoms with Gasteiger partial charge in [-0.3, -0.25) is 9.20 Å². The average Bonchev–Trinajstić information content (AvgIpc) is 2.47. The standard InChI is InChI=1S/C15H10ClFN2OS/c16-10-1-6-14-18-12(7-15(20)19(14)8-10)9-21-13-4-2-11(17)3-5-13/h1-8H,9H2. The number of nitrogens with zero attached hydrogens (tertiary/aromatic N) is 2. The van der Waals surface area contributed by atoms with E-state index in [4.69, 9.17) is 11.6 Å². The Hall–Kier alpha value is -1.85. The molecule has 0 saturated carbocycles. The molecule has 0 unspecified atom stereocenters. The van der Waals surface area contributed by atoms with Gasteiger partial charge < -0.3 is 0 Å². The molecule has 0 aliphatic carbocycles. The van der Waals surface area contributed by atoms with Crippen LogP contribution >= 0.6 is 23.4 Å². The highest BCUT2D eigenvalue weighted by Crippen LogP contribution is 2.22. The molecule has 3 rings (SSSR count). The Balaban J connectivity index is 1.86. The van der Waals surface area contributed by atoms with Crippen molar-refractivity contribution in [3.63, 3.8) is 0 Å². The van der Waals surface area contributed by atoms with E-state index in [1.165, 1.54) is 34.4 Å². The third kappa shape index (κ3) is 3.25. The van der Waals surface area contributed by atoms with Crippen molar-refractivity contribution in [2.75, 3.05) is 0 Å². The van der Waals surface area contributed by atoms with Gasteiger partial charge in [0, 0.05) is 22.9 Å². The highest BCUT2D eigenvalue weighted by atomic mass is 35.5. The van der Waals surface area contributed by atoms with Crippen molar-refractivity contribution in [2.45, 2.75) is 10.6 Å². The zero-order chi connectivity index (χ0) is 14.8. The van der Waals surface area contributed by atoms with Gasteiger partial charge in [-0.25, -0.2) is 9.37 Å². The lowest BCUT2D eigenvalue weighted by Gasteiger charge is -2.04. The third-order valence-electron chi connectivity index (χ3n) is 2.88. The van der Waals surface area contributed by atoms with Crippen LogP contribution in [0.3, 0.4) is 0 Å². The van der Waals surface area contributed by atoms with Gasteiger partial charge in [0.1, 0.15) is 11.5 Å². The van der Waals surface area contributed by atoms with Crippen molar-refractivity contribution in [3.05, 3.63) is 75.5 Å². The molecule has 0 N–H and O–H groups in total. The molecular weight excluding hydrogens is 311 g/mol. The van der Waals surface area contributed by atoms with Gasteiger partial charge >= 0.3 is 0 Å². The average molecular weight is 321 g/mol. The molecule has 0 aliphatic heterocycles. The first kappa shape index (κ1) is 14.1. The van der Waals surface area contributed by atoms with Crippen LogP contribution < -0.4 is 5.56 Å². The Kier molecular flexibility index (Phi) is 3.94. The Morgan fingerprint density at radius 3 is 2.71 bits per heavy atom. The van der Waals surface area contributed by atoms with Crippen molar-refractivity contribution in [2.24, 2.45) is 0 Å². The highest BCUT2D eigenvalue weighted by molar-refractivity contribution is 7.98. The molecule has 0 saturated heterocycles. The van der Waals surface area contributed by atoms with E-state index >= 15 is 0 Å². The maximum atomic E-state index is 12.8. The van der Waals surface area contributed by atoms with E-state index in [1.807, 2.05) is 0 Å². The van der Waals surface area contributed by atoms with E-state index in [0.717, 1.165) is 4.90 Å². The van der Waals surface area contributed by atoms with Gasteiger partial charge in [-0.05, 0) is 36.4 Å². The summed E-state index contributed by atoms with van der Waals surface area (Å²) in [4.78, 5) is 17.4. The summed E-state index contributed by atoms with van der Waals surface area (Å²) >= 11 is 7.36. The summed E-state index contributed by atoms with van der Waals surface area (Å²) in [7, 11) is 0. The number of hydrogen-bond donors (Lipinski definition) is 0. The third-order valence-corrected chi connectivity index (χ3v) is 4.15. The molecule has 106 valence electrons. The summed E-state index contributed by atoms with van der Waals surface area (Å²) in [6.07, 6.45) is 1.54. The zero-order valence-electron chi connectivity index (χ0n) is 10.8. The van der Waals surface area contributed by atoms with Gasteiger partial charge in [0.15, 0.2) is 0 Å². The van der Waals surface area contributed by atoms with Gasteiger partial charge in [0.25, 0.3) is 5.56 Å². The predicted molar refractivity (Wildman–Crippen MR) is 82.4 cm³/mol. The molecule has 0 bridgehead atoms. The molecule has 3 aromatic rings. The SMILES string of the molecule is O=c1cc(CSc2ccc(F)cc2)nc2ccc(Cl)cn12. The molecule has 6 heteroatoms. The van der Waals surface area contributed by atoms with Crippen LogP contribution in [0.1, 0.15) is 5.69 Å². The summed E-state index contributed by atoms with van der Waals surface area (Å²) in [5.74, 6) is 0.276. The Labute approximate surface area is 129 Å². The fourth-order valence-corrected chi connectivity index (χ4v) is 2.84. The van der Waals surface area contributed by atoms with E-state index in [2.05, 4.69) is 4.98 Å². The van der Waals surface area contributed by atoms with Crippen molar-refractivity contribution in [1.29, 1.82) is 0 Å². The van der Waals surface area contributed by atoms with Crippen molar-refractivity contribution < 1.29 is 4.39 Å². The van der Waals surface area contributed by atoms with Gasteiger partial charge in [0.05, 0.1) is 10.7 Å². The number of fused-ring (bicyclic) bond motifs is 1. The lowest BCUT2D eigenvalue weighted by atomic mass is 10.3. The number of benzene rings is 1. The molecule has 2 heterocycles. The first-order valence-corrected chi connectivity index (χ1v) is 7.54. The number of thioether (sulfide) groups is 1. The molecule has 2 aromatic heterocycles. The molecular formula is C15H10ClFN2OS. The normalized spacial score (nSPS) is 11.0. The minimum atomic E-state index is -0.265. The number of aromatic nitrogens is 2. The number of halogens is 2. The monoisotopic (exact) mass is 320 g/mol. The summed E-state index contributed by atoms with van der Waals surface area (Å²) in [5, 5.41) is 0.486. The van der Waals surface area contributed by atoms with Crippen molar-refractivity contribution >= 4 is 29.0 Å². The highest BCUT2D eigenvalue weighted by Gasteiger charge is 2.04. The molecule has 21 heavy (non-hydrogen) atoms. The Morgan fingerprint density at radius 1 is 1.19 bits per heavy atom. The minimum absolute atomic E-state index is 0.169. The molecule has 0 spiro atoms.